The van der Waals surface area contributed by atoms with Crippen LogP contribution in [0.2, 0.25) is 0 Å². The third kappa shape index (κ3) is 3.29. The molecule has 0 spiro atoms. The maximum atomic E-state index is 6.00. The van der Waals surface area contributed by atoms with Gasteiger partial charge in [-0.15, -0.1) is 11.6 Å². The van der Waals surface area contributed by atoms with Gasteiger partial charge in [0.1, 0.15) is 0 Å². The van der Waals surface area contributed by atoms with Crippen molar-refractivity contribution in [2.45, 2.75) is 38.6 Å². The molecule has 1 aromatic heterocycles. The number of hydrogen-bond acceptors (Lipinski definition) is 3. The Balaban J connectivity index is 2.03. The summed E-state index contributed by atoms with van der Waals surface area (Å²) in [4.78, 5) is 4.38. The van der Waals surface area contributed by atoms with E-state index in [1.165, 1.54) is 19.3 Å². The van der Waals surface area contributed by atoms with Crippen molar-refractivity contribution in [1.29, 1.82) is 0 Å². The topological polar surface area (TPSA) is 34.1 Å². The molecule has 1 aliphatic rings. The zero-order valence-electron chi connectivity index (χ0n) is 10.9. The molecule has 1 fully saturated rings. The van der Waals surface area contributed by atoms with E-state index in [0.29, 0.717) is 12.0 Å². The van der Waals surface area contributed by atoms with Gasteiger partial charge in [-0.05, 0) is 37.3 Å². The van der Waals surface area contributed by atoms with E-state index in [4.69, 9.17) is 16.3 Å². The van der Waals surface area contributed by atoms with Crippen LogP contribution in [0.1, 0.15) is 32.6 Å². The Morgan fingerprint density at radius 3 is 3.17 bits per heavy atom. The number of pyridine rings is 1. The van der Waals surface area contributed by atoms with E-state index >= 15 is 0 Å². The third-order valence-corrected chi connectivity index (χ3v) is 3.81. The molecule has 4 heteroatoms. The first-order chi connectivity index (χ1) is 8.85. The van der Waals surface area contributed by atoms with Crippen LogP contribution in [-0.2, 0) is 0 Å². The lowest BCUT2D eigenvalue weighted by Gasteiger charge is -2.21. The Labute approximate surface area is 114 Å². The van der Waals surface area contributed by atoms with Crippen LogP contribution >= 0.6 is 11.6 Å². The molecule has 0 amide bonds. The largest absolute Gasteiger partial charge is 0.490 e. The smallest absolute Gasteiger partial charge is 0.168 e. The number of alkyl halides is 1. The Morgan fingerprint density at radius 1 is 1.50 bits per heavy atom. The summed E-state index contributed by atoms with van der Waals surface area (Å²) in [5.74, 6) is 2.97. The van der Waals surface area contributed by atoms with E-state index in [2.05, 4.69) is 17.2 Å². The number of ether oxygens (including phenoxy) is 1. The Kier molecular flexibility index (Phi) is 5.12. The molecule has 18 heavy (non-hydrogen) atoms. The number of anilines is 1. The lowest BCUT2D eigenvalue weighted by Crippen LogP contribution is -2.25. The fourth-order valence-corrected chi connectivity index (χ4v) is 2.78. The highest BCUT2D eigenvalue weighted by atomic mass is 35.5. The Bertz CT molecular complexity index is 373. The number of rotatable bonds is 6. The van der Waals surface area contributed by atoms with Gasteiger partial charge >= 0.3 is 0 Å². The van der Waals surface area contributed by atoms with E-state index in [-0.39, 0.29) is 0 Å². The molecule has 0 aromatic carbocycles. The molecule has 2 atom stereocenters. The second kappa shape index (κ2) is 6.83. The van der Waals surface area contributed by atoms with Gasteiger partial charge in [0, 0.05) is 18.1 Å². The molecule has 0 radical (unpaired) electrons. The monoisotopic (exact) mass is 268 g/mol. The number of hydrogen-bond donors (Lipinski definition) is 1. The zero-order valence-corrected chi connectivity index (χ0v) is 11.6. The predicted octanol–water partition coefficient (Wildman–Crippen LogP) is 3.69. The summed E-state index contributed by atoms with van der Waals surface area (Å²) in [5, 5.41) is 3.50. The molecule has 2 unspecified atom stereocenters. The molecule has 100 valence electrons. The maximum Gasteiger partial charge on any atom is 0.168 e. The van der Waals surface area contributed by atoms with Crippen molar-refractivity contribution in [1.82, 2.24) is 4.98 Å². The summed E-state index contributed by atoms with van der Waals surface area (Å²) in [6, 6.07) is 4.31. The molecule has 1 heterocycles. The second-order valence-corrected chi connectivity index (χ2v) is 5.10. The van der Waals surface area contributed by atoms with Crippen LogP contribution in [0.25, 0.3) is 0 Å². The summed E-state index contributed by atoms with van der Waals surface area (Å²) in [6.07, 6.45) is 6.42. The highest BCUT2D eigenvalue weighted by molar-refractivity contribution is 6.18. The molecule has 1 saturated carbocycles. The highest BCUT2D eigenvalue weighted by Crippen LogP contribution is 2.31. The maximum absolute atomic E-state index is 6.00. The first-order valence-corrected chi connectivity index (χ1v) is 7.29. The third-order valence-electron chi connectivity index (χ3n) is 3.41. The van der Waals surface area contributed by atoms with E-state index in [0.717, 1.165) is 30.5 Å². The summed E-state index contributed by atoms with van der Waals surface area (Å²) < 4.78 is 5.71. The molecule has 1 aliphatic carbocycles. The summed E-state index contributed by atoms with van der Waals surface area (Å²) in [5.41, 5.74) is 0. The zero-order chi connectivity index (χ0) is 12.8. The van der Waals surface area contributed by atoms with Gasteiger partial charge in [0.2, 0.25) is 0 Å². The van der Waals surface area contributed by atoms with Crippen LogP contribution in [0.5, 0.6) is 5.75 Å². The number of halogens is 1. The van der Waals surface area contributed by atoms with Gasteiger partial charge < -0.3 is 10.1 Å². The minimum absolute atomic E-state index is 0.432. The van der Waals surface area contributed by atoms with Gasteiger partial charge in [-0.25, -0.2) is 4.98 Å². The second-order valence-electron chi connectivity index (χ2n) is 4.79. The summed E-state index contributed by atoms with van der Waals surface area (Å²) in [6.45, 7) is 2.83. The van der Waals surface area contributed by atoms with Crippen LogP contribution in [0.15, 0.2) is 18.3 Å². The fourth-order valence-electron chi connectivity index (χ4n) is 2.41. The van der Waals surface area contributed by atoms with Crippen LogP contribution in [-0.4, -0.2) is 23.5 Å². The number of aromatic nitrogens is 1. The Morgan fingerprint density at radius 2 is 2.39 bits per heavy atom. The van der Waals surface area contributed by atoms with Crippen molar-refractivity contribution in [3.8, 4) is 5.75 Å². The van der Waals surface area contributed by atoms with Crippen LogP contribution in [0.4, 0.5) is 5.82 Å². The molecule has 1 aromatic rings. The molecular formula is C14H21ClN2O. The van der Waals surface area contributed by atoms with Crippen molar-refractivity contribution in [3.05, 3.63) is 18.3 Å². The lowest BCUT2D eigenvalue weighted by atomic mass is 10.1. The average Bonchev–Trinajstić information content (AvgIpc) is 2.85. The minimum atomic E-state index is 0.432. The SMILES string of the molecule is CCCOc1cccnc1NC1CCCC1CCl. The van der Waals surface area contributed by atoms with Crippen LogP contribution in [0, 0.1) is 5.92 Å². The molecule has 3 nitrogen and oxygen atoms in total. The molecule has 0 bridgehead atoms. The average molecular weight is 269 g/mol. The molecule has 2 rings (SSSR count). The van der Waals surface area contributed by atoms with Gasteiger partial charge in [0.05, 0.1) is 6.61 Å². The van der Waals surface area contributed by atoms with E-state index < -0.39 is 0 Å². The van der Waals surface area contributed by atoms with Crippen molar-refractivity contribution in [3.63, 3.8) is 0 Å². The minimum Gasteiger partial charge on any atom is -0.490 e. The van der Waals surface area contributed by atoms with E-state index in [1.54, 1.807) is 6.20 Å². The fraction of sp³-hybridized carbons (Fsp3) is 0.643. The first-order valence-electron chi connectivity index (χ1n) is 6.75. The van der Waals surface area contributed by atoms with Gasteiger partial charge in [0.25, 0.3) is 0 Å². The van der Waals surface area contributed by atoms with Crippen LogP contribution < -0.4 is 10.1 Å². The van der Waals surface area contributed by atoms with Gasteiger partial charge in [-0.2, -0.15) is 0 Å². The summed E-state index contributed by atoms with van der Waals surface area (Å²) >= 11 is 6.00. The van der Waals surface area contributed by atoms with Crippen molar-refractivity contribution >= 4 is 17.4 Å². The van der Waals surface area contributed by atoms with E-state index in [1.807, 2.05) is 12.1 Å². The van der Waals surface area contributed by atoms with Gasteiger partial charge in [0.15, 0.2) is 11.6 Å². The highest BCUT2D eigenvalue weighted by Gasteiger charge is 2.27. The number of nitrogens with zero attached hydrogens (tertiary/aromatic N) is 1. The lowest BCUT2D eigenvalue weighted by molar-refractivity contribution is 0.317. The Hall–Kier alpha value is -0.960. The summed E-state index contributed by atoms with van der Waals surface area (Å²) in [7, 11) is 0. The van der Waals surface area contributed by atoms with Crippen molar-refractivity contribution in [2.75, 3.05) is 17.8 Å². The first kappa shape index (κ1) is 13.5. The molecule has 0 saturated heterocycles. The van der Waals surface area contributed by atoms with Gasteiger partial charge in [-0.3, -0.25) is 0 Å². The quantitative estimate of drug-likeness (QED) is 0.799. The molecular weight excluding hydrogens is 248 g/mol. The molecule has 1 N–H and O–H groups in total. The normalized spacial score (nSPS) is 23.0. The number of nitrogens with one attached hydrogen (secondary N) is 1. The van der Waals surface area contributed by atoms with Crippen molar-refractivity contribution < 1.29 is 4.74 Å². The standard InChI is InChI=1S/C14H21ClN2O/c1-2-9-18-13-7-4-8-16-14(13)17-12-6-3-5-11(12)10-15/h4,7-8,11-12H,2-3,5-6,9-10H2,1H3,(H,16,17). The van der Waals surface area contributed by atoms with Crippen molar-refractivity contribution in [2.24, 2.45) is 5.92 Å². The van der Waals surface area contributed by atoms with Crippen LogP contribution in [0.3, 0.4) is 0 Å². The molecule has 0 aliphatic heterocycles. The van der Waals surface area contributed by atoms with E-state index in [9.17, 15) is 0 Å². The van der Waals surface area contributed by atoms with Gasteiger partial charge in [-0.1, -0.05) is 13.3 Å². The predicted molar refractivity (Wildman–Crippen MR) is 75.5 cm³/mol.